The van der Waals surface area contributed by atoms with E-state index in [-0.39, 0.29) is 75.7 Å². The van der Waals surface area contributed by atoms with Gasteiger partial charge in [-0.05, 0) is 70.6 Å². The quantitative estimate of drug-likeness (QED) is 0.0833. The zero-order valence-electron chi connectivity index (χ0n) is 37.3. The number of rotatable bonds is 22. The minimum Gasteiger partial charge on any atom is -0.667 e. The average molecular weight is 905 g/mol. The van der Waals surface area contributed by atoms with E-state index in [1.54, 1.807) is 45.0 Å². The molecule has 0 aliphatic carbocycles. The van der Waals surface area contributed by atoms with Crippen LogP contribution in [-0.2, 0) is 77.3 Å². The monoisotopic (exact) mass is 904 g/mol. The molecule has 15 nitrogen and oxygen atoms in total. The summed E-state index contributed by atoms with van der Waals surface area (Å²) in [6.45, 7) is 18.0. The number of benzene rings is 1. The second kappa shape index (κ2) is 25.6. The van der Waals surface area contributed by atoms with Crippen LogP contribution < -0.4 is 15.4 Å². The first-order chi connectivity index (χ1) is 27.1. The number of Topliss-reactive ketones (excluding diaryl/α,β-unsaturated/α-hetero) is 1. The van der Waals surface area contributed by atoms with Crippen molar-refractivity contribution in [2.75, 3.05) is 27.3 Å². The van der Waals surface area contributed by atoms with Gasteiger partial charge in [-0.1, -0.05) is 66.1 Å². The fraction of sp³-hybridized carbons (Fsp3) is 0.698. The summed E-state index contributed by atoms with van der Waals surface area (Å²) in [6.07, 6.45) is 0.805. The largest absolute Gasteiger partial charge is 0.667 e. The van der Waals surface area contributed by atoms with Crippen molar-refractivity contribution in [3.63, 3.8) is 0 Å². The fourth-order valence-electron chi connectivity index (χ4n) is 6.37. The Morgan fingerprint density at radius 2 is 1.63 bits per heavy atom. The molecule has 0 unspecified atom stereocenters. The molecule has 4 amide bonds. The number of carbonyl (C=O) groups excluding carboxylic acids is 6. The van der Waals surface area contributed by atoms with Crippen LogP contribution in [0.1, 0.15) is 107 Å². The number of hydrogen-bond donors (Lipinski definition) is 2. The standard InChI is InChI=1S/C43H69N5O10.Y/c1-13-28(6)38(56-25-31(49)19-16-26(2)3)46-37(50)36(45-42(54)58-43(8,9)10)29(7)57-41(53)35(24-30-17-20-32(55-12)21-18-30)47(11)40(52)34-15-14-22-48(34)39(51)33(44)23-27(4)5;/h16-18,20-21,26-29,33-36,38,44H,13-15,19,22-25H2,1-12H3,(H,45,54)(H,46,50);/q-2;/t28-,29+,33-,34-,35-,36-,38-;/m0./s1. The van der Waals surface area contributed by atoms with Crippen molar-refractivity contribution in [1.82, 2.24) is 20.4 Å². The molecule has 1 aliphatic heterocycles. The van der Waals surface area contributed by atoms with Crippen LogP contribution in [0.25, 0.3) is 5.73 Å². The van der Waals surface area contributed by atoms with Crippen LogP contribution in [-0.4, -0.2) is 115 Å². The van der Waals surface area contributed by atoms with Crippen LogP contribution >= 0.6 is 0 Å². The molecule has 1 heterocycles. The molecule has 1 radical (unpaired) electrons. The summed E-state index contributed by atoms with van der Waals surface area (Å²) in [4.78, 5) is 84.3. The molecule has 1 saturated heterocycles. The number of esters is 1. The molecule has 3 N–H and O–H groups in total. The maximum Gasteiger partial charge on any atom is 0.408 e. The average Bonchev–Trinajstić information content (AvgIpc) is 3.64. The summed E-state index contributed by atoms with van der Waals surface area (Å²) in [5.41, 5.74) is 8.20. The van der Waals surface area contributed by atoms with Crippen LogP contribution in [0.5, 0.6) is 5.75 Å². The van der Waals surface area contributed by atoms with Crippen molar-refractivity contribution >= 4 is 35.6 Å². The number of methoxy groups -OCH3 is 1. The molecule has 0 bridgehead atoms. The normalized spacial score (nSPS) is 17.1. The van der Waals surface area contributed by atoms with Gasteiger partial charge in [0.15, 0.2) is 0 Å². The smallest absolute Gasteiger partial charge is 0.408 e. The third-order valence-corrected chi connectivity index (χ3v) is 9.91. The minimum atomic E-state index is -1.49. The number of alkyl carbamates (subject to hydrolysis) is 1. The molecule has 2 rings (SSSR count). The third-order valence-electron chi connectivity index (χ3n) is 9.91. The number of likely N-dealkylation sites (N-methyl/N-ethyl adjacent to an activating group) is 1. The number of hydrogen-bond acceptors (Lipinski definition) is 10. The van der Waals surface area contributed by atoms with Crippen LogP contribution in [0.15, 0.2) is 24.3 Å². The molecule has 331 valence electrons. The molecular formula is C43H69N5O10Y-2. The molecule has 1 aliphatic rings. The van der Waals surface area contributed by atoms with Gasteiger partial charge < -0.3 is 56.3 Å². The van der Waals surface area contributed by atoms with Crippen LogP contribution in [0.4, 0.5) is 4.79 Å². The summed E-state index contributed by atoms with van der Waals surface area (Å²) in [5.74, 6) is -2.01. The van der Waals surface area contributed by atoms with Gasteiger partial charge in [-0.3, -0.25) is 14.4 Å². The fourth-order valence-corrected chi connectivity index (χ4v) is 6.37. The van der Waals surface area contributed by atoms with E-state index in [1.165, 1.54) is 30.9 Å². The Kier molecular flexibility index (Phi) is 23.4. The Labute approximate surface area is 377 Å². The molecule has 0 saturated carbocycles. The van der Waals surface area contributed by atoms with Crippen molar-refractivity contribution in [2.24, 2.45) is 17.8 Å². The van der Waals surface area contributed by atoms with Crippen LogP contribution in [0, 0.1) is 24.2 Å². The molecular weight excluding hydrogens is 835 g/mol. The molecule has 1 aromatic rings. The van der Waals surface area contributed by atoms with Crippen molar-refractivity contribution in [3.05, 3.63) is 42.0 Å². The van der Waals surface area contributed by atoms with E-state index >= 15 is 0 Å². The van der Waals surface area contributed by atoms with Gasteiger partial charge in [-0.2, -0.15) is 5.92 Å². The van der Waals surface area contributed by atoms with E-state index in [2.05, 4.69) is 10.6 Å². The molecule has 1 fully saturated rings. The predicted octanol–water partition coefficient (Wildman–Crippen LogP) is 5.67. The number of ether oxygens (including phenoxy) is 4. The van der Waals surface area contributed by atoms with E-state index in [0.29, 0.717) is 43.5 Å². The van der Waals surface area contributed by atoms with Gasteiger partial charge in [0.1, 0.15) is 54.2 Å². The summed E-state index contributed by atoms with van der Waals surface area (Å²) in [7, 11) is 2.99. The van der Waals surface area contributed by atoms with Gasteiger partial charge in [-0.15, -0.1) is 6.42 Å². The van der Waals surface area contributed by atoms with Gasteiger partial charge in [0.25, 0.3) is 0 Å². The predicted molar refractivity (Wildman–Crippen MR) is 220 cm³/mol. The van der Waals surface area contributed by atoms with Gasteiger partial charge in [0.2, 0.25) is 17.7 Å². The Morgan fingerprint density at radius 3 is 2.17 bits per heavy atom. The molecule has 1 aromatic carbocycles. The van der Waals surface area contributed by atoms with E-state index in [1.807, 2.05) is 48.0 Å². The van der Waals surface area contributed by atoms with E-state index in [0.717, 1.165) is 0 Å². The van der Waals surface area contributed by atoms with Gasteiger partial charge >= 0.3 is 12.1 Å². The van der Waals surface area contributed by atoms with E-state index in [4.69, 9.17) is 24.7 Å². The summed E-state index contributed by atoms with van der Waals surface area (Å²) < 4.78 is 22.6. The van der Waals surface area contributed by atoms with Crippen molar-refractivity contribution in [1.29, 1.82) is 0 Å². The number of carbonyl (C=O) groups is 6. The van der Waals surface area contributed by atoms with Crippen LogP contribution in [0.3, 0.4) is 0 Å². The molecule has 16 heteroatoms. The van der Waals surface area contributed by atoms with Gasteiger partial charge in [-0.25, -0.2) is 9.59 Å². The first-order valence-corrected chi connectivity index (χ1v) is 20.5. The van der Waals surface area contributed by atoms with E-state index < -0.39 is 71.9 Å². The second-order valence-corrected chi connectivity index (χ2v) is 17.0. The summed E-state index contributed by atoms with van der Waals surface area (Å²) >= 11 is 0. The summed E-state index contributed by atoms with van der Waals surface area (Å²) in [5, 5.41) is 5.33. The second-order valence-electron chi connectivity index (χ2n) is 17.0. The SMILES string of the molecule is CC[C@H](C)[C@@H](NC(=O)[C@@H](NC(=O)OC(C)(C)C)[C@@H](C)OC(=O)[C@H](Cc1ccc(OC)cc1)N(C)C(=O)[C@@H]1CCCN1C(=O)[C@@H]([NH-])CC(C)C)OCC(=O)C[CH-]C(C)C.[Y]. The van der Waals surface area contributed by atoms with Gasteiger partial charge in [0, 0.05) is 58.6 Å². The molecule has 0 aromatic heterocycles. The zero-order chi connectivity index (χ0) is 43.9. The maximum atomic E-state index is 14.3. The number of nitrogens with one attached hydrogen (secondary N) is 3. The zero-order valence-corrected chi connectivity index (χ0v) is 40.1. The Balaban J connectivity index is 0.0000174. The van der Waals surface area contributed by atoms with Crippen molar-refractivity contribution in [3.8, 4) is 5.75 Å². The number of ketones is 1. The van der Waals surface area contributed by atoms with E-state index in [9.17, 15) is 28.8 Å². The molecule has 59 heavy (non-hydrogen) atoms. The van der Waals surface area contributed by atoms with Gasteiger partial charge in [0.05, 0.1) is 7.11 Å². The minimum absolute atomic E-state index is 0. The van der Waals surface area contributed by atoms with Crippen molar-refractivity contribution in [2.45, 2.75) is 150 Å². The van der Waals surface area contributed by atoms with Crippen molar-refractivity contribution < 1.29 is 80.4 Å². The first kappa shape index (κ1) is 53.9. The number of likely N-dealkylation sites (tertiary alicyclic amines) is 1. The first-order valence-electron chi connectivity index (χ1n) is 20.5. The summed E-state index contributed by atoms with van der Waals surface area (Å²) in [6, 6.07) is 2.35. The third kappa shape index (κ3) is 18.2. The topological polar surface area (TPSA) is 194 Å². The molecule has 7 atom stereocenters. The Bertz CT molecular complexity index is 1520. The van der Waals surface area contributed by atoms with Crippen LogP contribution in [0.2, 0.25) is 0 Å². The molecule has 0 spiro atoms. The maximum absolute atomic E-state index is 14.3. The number of amides is 4. The Hall–Kier alpha value is -3.14. The Morgan fingerprint density at radius 1 is 1.00 bits per heavy atom. The number of nitrogens with zero attached hydrogens (tertiary/aromatic N) is 2.